The number of nitrogens with zero attached hydrogens (tertiary/aromatic N) is 1. The maximum absolute atomic E-state index is 12.6. The lowest BCUT2D eigenvalue weighted by Gasteiger charge is -2.11. The van der Waals surface area contributed by atoms with Crippen LogP contribution >= 0.6 is 0 Å². The number of hydrogen-bond acceptors (Lipinski definition) is 5. The van der Waals surface area contributed by atoms with Gasteiger partial charge in [-0.15, -0.1) is 0 Å². The molecule has 0 spiro atoms. The van der Waals surface area contributed by atoms with Gasteiger partial charge in [0.05, 0.1) is 18.6 Å². The number of hydrogen-bond donors (Lipinski definition) is 0. The third kappa shape index (κ3) is 4.64. The van der Waals surface area contributed by atoms with Gasteiger partial charge in [-0.25, -0.2) is 8.42 Å². The molecule has 0 fully saturated rings. The molecule has 136 valence electrons. The molecule has 0 heterocycles. The normalized spacial score (nSPS) is 11.7. The van der Waals surface area contributed by atoms with E-state index in [9.17, 15) is 13.7 Å². The van der Waals surface area contributed by atoms with E-state index in [-0.39, 0.29) is 9.80 Å². The fourth-order valence-corrected chi connectivity index (χ4v) is 3.45. The largest absolute Gasteiger partial charge is 0.493 e. The third-order valence-corrected chi connectivity index (χ3v) is 5.38. The number of ether oxygens (including phenoxy) is 2. The molecule has 2 aromatic rings. The second kappa shape index (κ2) is 9.07. The summed E-state index contributed by atoms with van der Waals surface area (Å²) in [6.45, 7) is 2.65. The highest BCUT2D eigenvalue weighted by Gasteiger charge is 2.20. The standard InChI is InChI=1S/C20H21NO4S/c1-3-4-12-25-19-11-10-16(14-20(19)24-2)13-18(15-21)26(22,23)17-8-6-5-7-9-17/h5-11,13-14H,3-4,12H2,1-2H3. The summed E-state index contributed by atoms with van der Waals surface area (Å²) < 4.78 is 36.2. The van der Waals surface area contributed by atoms with E-state index in [1.807, 2.05) is 0 Å². The molecule has 2 aromatic carbocycles. The molecule has 0 aliphatic carbocycles. The van der Waals surface area contributed by atoms with Gasteiger partial charge in [-0.2, -0.15) is 5.26 Å². The van der Waals surface area contributed by atoms with Gasteiger partial charge in [0.25, 0.3) is 0 Å². The van der Waals surface area contributed by atoms with Gasteiger partial charge in [0.1, 0.15) is 11.0 Å². The van der Waals surface area contributed by atoms with Crippen molar-refractivity contribution in [2.45, 2.75) is 24.7 Å². The molecule has 0 aliphatic rings. The van der Waals surface area contributed by atoms with E-state index in [1.165, 1.54) is 25.3 Å². The van der Waals surface area contributed by atoms with Gasteiger partial charge < -0.3 is 9.47 Å². The molecule has 6 heteroatoms. The molecule has 26 heavy (non-hydrogen) atoms. The van der Waals surface area contributed by atoms with Gasteiger partial charge in [0, 0.05) is 0 Å². The Morgan fingerprint density at radius 1 is 1.15 bits per heavy atom. The maximum atomic E-state index is 12.6. The summed E-state index contributed by atoms with van der Waals surface area (Å²) in [6, 6.07) is 14.7. The zero-order valence-corrected chi connectivity index (χ0v) is 15.6. The smallest absolute Gasteiger partial charge is 0.216 e. The molecule has 0 aromatic heterocycles. The van der Waals surface area contributed by atoms with E-state index in [1.54, 1.807) is 42.5 Å². The van der Waals surface area contributed by atoms with Crippen molar-refractivity contribution in [1.29, 1.82) is 5.26 Å². The lowest BCUT2D eigenvalue weighted by molar-refractivity contribution is 0.288. The summed E-state index contributed by atoms with van der Waals surface area (Å²) in [5, 5.41) is 9.36. The molecule has 0 amide bonds. The van der Waals surface area contributed by atoms with Crippen molar-refractivity contribution in [1.82, 2.24) is 0 Å². The Bertz CT molecular complexity index is 913. The summed E-state index contributed by atoms with van der Waals surface area (Å²) in [5.74, 6) is 1.08. The van der Waals surface area contributed by atoms with Crippen molar-refractivity contribution in [3.8, 4) is 17.6 Å². The Morgan fingerprint density at radius 2 is 1.88 bits per heavy atom. The summed E-state index contributed by atoms with van der Waals surface area (Å²) in [7, 11) is -2.35. The molecule has 2 rings (SSSR count). The average molecular weight is 371 g/mol. The van der Waals surface area contributed by atoms with E-state index in [0.29, 0.717) is 23.7 Å². The molecule has 0 saturated heterocycles. The number of methoxy groups -OCH3 is 1. The van der Waals surface area contributed by atoms with Crippen molar-refractivity contribution in [2.75, 3.05) is 13.7 Å². The maximum Gasteiger partial charge on any atom is 0.216 e. The predicted molar refractivity (Wildman–Crippen MR) is 101 cm³/mol. The Morgan fingerprint density at radius 3 is 2.50 bits per heavy atom. The minimum Gasteiger partial charge on any atom is -0.493 e. The molecule has 0 radical (unpaired) electrons. The molecule has 0 aliphatic heterocycles. The first-order valence-electron chi connectivity index (χ1n) is 8.25. The van der Waals surface area contributed by atoms with E-state index in [4.69, 9.17) is 9.47 Å². The lowest BCUT2D eigenvalue weighted by Crippen LogP contribution is -2.03. The third-order valence-electron chi connectivity index (χ3n) is 3.69. The molecule has 0 bridgehead atoms. The Hall–Kier alpha value is -2.78. The highest BCUT2D eigenvalue weighted by Crippen LogP contribution is 2.30. The minimum absolute atomic E-state index is 0.0827. The van der Waals surface area contributed by atoms with Gasteiger partial charge >= 0.3 is 0 Å². The number of allylic oxidation sites excluding steroid dienone is 1. The van der Waals surface area contributed by atoms with Crippen molar-refractivity contribution in [3.05, 3.63) is 59.0 Å². The fraction of sp³-hybridized carbons (Fsp3) is 0.250. The Balaban J connectivity index is 2.36. The van der Waals surface area contributed by atoms with Gasteiger partial charge in [0.2, 0.25) is 9.84 Å². The molecule has 0 unspecified atom stereocenters. The number of benzene rings is 2. The average Bonchev–Trinajstić information content (AvgIpc) is 2.67. The van der Waals surface area contributed by atoms with Crippen molar-refractivity contribution in [2.24, 2.45) is 0 Å². The Labute approximate surface area is 154 Å². The molecule has 0 saturated carbocycles. The monoisotopic (exact) mass is 371 g/mol. The molecule has 0 N–H and O–H groups in total. The van der Waals surface area contributed by atoms with Crippen LogP contribution in [0.3, 0.4) is 0 Å². The predicted octanol–water partition coefficient (Wildman–Crippen LogP) is 4.21. The second-order valence-corrected chi connectivity index (χ2v) is 7.47. The highest BCUT2D eigenvalue weighted by molar-refractivity contribution is 7.95. The zero-order valence-electron chi connectivity index (χ0n) is 14.8. The van der Waals surface area contributed by atoms with Crippen LogP contribution in [0.1, 0.15) is 25.3 Å². The van der Waals surface area contributed by atoms with Crippen molar-refractivity contribution < 1.29 is 17.9 Å². The lowest BCUT2D eigenvalue weighted by atomic mass is 10.2. The number of rotatable bonds is 8. The van der Waals surface area contributed by atoms with Crippen LogP contribution in [-0.4, -0.2) is 22.1 Å². The summed E-state index contributed by atoms with van der Waals surface area (Å²) in [4.78, 5) is -0.246. The van der Waals surface area contributed by atoms with Crippen molar-refractivity contribution >= 4 is 15.9 Å². The van der Waals surface area contributed by atoms with E-state index >= 15 is 0 Å². The summed E-state index contributed by atoms with van der Waals surface area (Å²) in [6.07, 6.45) is 3.28. The molecule has 0 atom stereocenters. The van der Waals surface area contributed by atoms with E-state index in [2.05, 4.69) is 6.92 Å². The number of unbranched alkanes of at least 4 members (excludes halogenated alkanes) is 1. The van der Waals surface area contributed by atoms with E-state index in [0.717, 1.165) is 12.8 Å². The van der Waals surface area contributed by atoms with Crippen LogP contribution < -0.4 is 9.47 Å². The molecular weight excluding hydrogens is 350 g/mol. The van der Waals surface area contributed by atoms with E-state index < -0.39 is 9.84 Å². The number of sulfone groups is 1. The minimum atomic E-state index is -3.87. The summed E-state index contributed by atoms with van der Waals surface area (Å²) in [5.41, 5.74) is 0.542. The quantitative estimate of drug-likeness (QED) is 0.513. The van der Waals surface area contributed by atoms with Crippen LogP contribution in [0.2, 0.25) is 0 Å². The highest BCUT2D eigenvalue weighted by atomic mass is 32.2. The summed E-state index contributed by atoms with van der Waals surface area (Å²) >= 11 is 0. The van der Waals surface area contributed by atoms with Gasteiger partial charge in [-0.3, -0.25) is 0 Å². The van der Waals surface area contributed by atoms with Crippen LogP contribution in [0, 0.1) is 11.3 Å². The van der Waals surface area contributed by atoms with Crippen LogP contribution in [0.4, 0.5) is 0 Å². The van der Waals surface area contributed by atoms with Gasteiger partial charge in [0.15, 0.2) is 11.5 Å². The molecule has 5 nitrogen and oxygen atoms in total. The molecular formula is C20H21NO4S. The first-order chi connectivity index (χ1) is 12.5. The van der Waals surface area contributed by atoms with Crippen LogP contribution in [0.15, 0.2) is 58.3 Å². The van der Waals surface area contributed by atoms with Crippen molar-refractivity contribution in [3.63, 3.8) is 0 Å². The number of nitriles is 1. The van der Waals surface area contributed by atoms with Crippen LogP contribution in [0.5, 0.6) is 11.5 Å². The van der Waals surface area contributed by atoms with Crippen LogP contribution in [0.25, 0.3) is 6.08 Å². The Kier molecular flexibility index (Phi) is 6.81. The topological polar surface area (TPSA) is 76.4 Å². The first-order valence-corrected chi connectivity index (χ1v) is 9.74. The SMILES string of the molecule is CCCCOc1ccc(C=C(C#N)S(=O)(=O)c2ccccc2)cc1OC. The zero-order chi connectivity index (χ0) is 19.0. The first kappa shape index (κ1) is 19.5. The fourth-order valence-electron chi connectivity index (χ4n) is 2.27. The van der Waals surface area contributed by atoms with Gasteiger partial charge in [-0.1, -0.05) is 37.6 Å². The van der Waals surface area contributed by atoms with Crippen LogP contribution in [-0.2, 0) is 9.84 Å². The van der Waals surface area contributed by atoms with Gasteiger partial charge in [-0.05, 0) is 42.3 Å². The second-order valence-electron chi connectivity index (χ2n) is 5.55.